The molecule has 0 saturated carbocycles. The second-order valence-electron chi connectivity index (χ2n) is 6.82. The van der Waals surface area contributed by atoms with Crippen molar-refractivity contribution >= 4 is 23.3 Å². The monoisotopic (exact) mass is 378 g/mol. The third-order valence-corrected chi connectivity index (χ3v) is 4.87. The maximum Gasteiger partial charge on any atom is 0.290 e. The van der Waals surface area contributed by atoms with Crippen LogP contribution in [0.4, 0.5) is 5.69 Å². The molecule has 6 nitrogen and oxygen atoms in total. The van der Waals surface area contributed by atoms with E-state index in [1.54, 1.807) is 24.3 Å². The molecule has 1 heterocycles. The van der Waals surface area contributed by atoms with Gasteiger partial charge in [0.15, 0.2) is 11.5 Å². The molecule has 0 radical (unpaired) electrons. The number of carbonyl (C=O) groups excluding carboxylic acids is 3. The Morgan fingerprint density at radius 3 is 2.18 bits per heavy atom. The first-order valence-corrected chi connectivity index (χ1v) is 9.00. The van der Waals surface area contributed by atoms with Gasteiger partial charge in [-0.25, -0.2) is 0 Å². The number of anilines is 1. The zero-order valence-corrected chi connectivity index (χ0v) is 16.0. The van der Waals surface area contributed by atoms with Crippen molar-refractivity contribution in [3.8, 4) is 0 Å². The van der Waals surface area contributed by atoms with Crippen LogP contribution < -0.4 is 5.32 Å². The van der Waals surface area contributed by atoms with Crippen LogP contribution in [-0.4, -0.2) is 27.6 Å². The lowest BCUT2D eigenvalue weighted by molar-refractivity contribution is -0.131. The number of rotatable bonds is 5. The van der Waals surface area contributed by atoms with Crippen LogP contribution in [0.25, 0.3) is 0 Å². The van der Waals surface area contributed by atoms with E-state index >= 15 is 0 Å². The SMILES string of the molecule is CC(=O)Nc1ccc(C2C(C(C)=O)=C(O)C(=O)N2C(C)c2ccccc2)cc1. The largest absolute Gasteiger partial charge is 0.503 e. The van der Waals surface area contributed by atoms with Crippen molar-refractivity contribution in [1.82, 2.24) is 4.90 Å². The minimum absolute atomic E-state index is 0.0834. The van der Waals surface area contributed by atoms with Crippen molar-refractivity contribution in [2.75, 3.05) is 5.32 Å². The Kier molecular flexibility index (Phi) is 5.31. The van der Waals surface area contributed by atoms with Gasteiger partial charge < -0.3 is 15.3 Å². The Balaban J connectivity index is 2.05. The maximum absolute atomic E-state index is 12.8. The number of Topliss-reactive ketones (excluding diaryl/α,β-unsaturated/α-hetero) is 1. The van der Waals surface area contributed by atoms with E-state index in [0.717, 1.165) is 5.56 Å². The van der Waals surface area contributed by atoms with Gasteiger partial charge in [-0.3, -0.25) is 14.4 Å². The highest BCUT2D eigenvalue weighted by molar-refractivity contribution is 6.08. The highest BCUT2D eigenvalue weighted by Gasteiger charge is 2.44. The molecule has 2 unspecified atom stereocenters. The number of hydrogen-bond donors (Lipinski definition) is 2. The van der Waals surface area contributed by atoms with Crippen molar-refractivity contribution in [3.05, 3.63) is 77.1 Å². The minimum atomic E-state index is -0.702. The Labute approximate surface area is 163 Å². The first-order valence-electron chi connectivity index (χ1n) is 9.00. The van der Waals surface area contributed by atoms with Crippen molar-refractivity contribution < 1.29 is 19.5 Å². The number of aliphatic hydroxyl groups excluding tert-OH is 1. The molecular weight excluding hydrogens is 356 g/mol. The number of ketones is 1. The fourth-order valence-corrected chi connectivity index (χ4v) is 3.55. The average Bonchev–Trinajstić information content (AvgIpc) is 2.93. The zero-order valence-electron chi connectivity index (χ0n) is 16.0. The quantitative estimate of drug-likeness (QED) is 0.831. The van der Waals surface area contributed by atoms with Crippen LogP contribution in [0.3, 0.4) is 0 Å². The summed E-state index contributed by atoms with van der Waals surface area (Å²) in [5.41, 5.74) is 2.27. The zero-order chi connectivity index (χ0) is 20.4. The van der Waals surface area contributed by atoms with Gasteiger partial charge in [0, 0.05) is 12.6 Å². The van der Waals surface area contributed by atoms with Gasteiger partial charge in [0.1, 0.15) is 0 Å². The highest BCUT2D eigenvalue weighted by Crippen LogP contribution is 2.42. The molecular formula is C22H22N2O4. The smallest absolute Gasteiger partial charge is 0.290 e. The standard InChI is InChI=1S/C22H22N2O4/c1-13(16-7-5-4-6-8-16)24-20(19(14(2)25)21(27)22(24)28)17-9-11-18(12-10-17)23-15(3)26/h4-13,20,27H,1-3H3,(H,23,26). The summed E-state index contributed by atoms with van der Waals surface area (Å²) in [6, 6.07) is 15.3. The summed E-state index contributed by atoms with van der Waals surface area (Å²) < 4.78 is 0. The molecule has 2 aromatic carbocycles. The van der Waals surface area contributed by atoms with Crippen molar-refractivity contribution in [2.45, 2.75) is 32.9 Å². The van der Waals surface area contributed by atoms with E-state index in [2.05, 4.69) is 5.32 Å². The van der Waals surface area contributed by atoms with Gasteiger partial charge in [-0.05, 0) is 37.1 Å². The van der Waals surface area contributed by atoms with Gasteiger partial charge in [-0.15, -0.1) is 0 Å². The predicted molar refractivity (Wildman–Crippen MR) is 106 cm³/mol. The summed E-state index contributed by atoms with van der Waals surface area (Å²) in [5, 5.41) is 13.1. The number of benzene rings is 2. The molecule has 0 spiro atoms. The lowest BCUT2D eigenvalue weighted by Gasteiger charge is -2.32. The van der Waals surface area contributed by atoms with Crippen molar-refractivity contribution in [2.24, 2.45) is 0 Å². The number of hydrogen-bond acceptors (Lipinski definition) is 4. The van der Waals surface area contributed by atoms with Gasteiger partial charge in [0.05, 0.1) is 17.7 Å². The third-order valence-electron chi connectivity index (χ3n) is 4.87. The van der Waals surface area contributed by atoms with E-state index in [0.29, 0.717) is 11.3 Å². The molecule has 28 heavy (non-hydrogen) atoms. The summed E-state index contributed by atoms with van der Waals surface area (Å²) in [4.78, 5) is 37.8. The molecule has 0 fully saturated rings. The Morgan fingerprint density at radius 2 is 1.64 bits per heavy atom. The third kappa shape index (κ3) is 3.53. The van der Waals surface area contributed by atoms with Crippen molar-refractivity contribution in [3.63, 3.8) is 0 Å². The number of nitrogens with zero attached hydrogens (tertiary/aromatic N) is 1. The van der Waals surface area contributed by atoms with E-state index in [9.17, 15) is 19.5 Å². The Bertz CT molecular complexity index is 948. The Hall–Kier alpha value is -3.41. The predicted octanol–water partition coefficient (Wildman–Crippen LogP) is 3.69. The topological polar surface area (TPSA) is 86.7 Å². The van der Waals surface area contributed by atoms with Crippen LogP contribution in [0.5, 0.6) is 0 Å². The molecule has 0 bridgehead atoms. The molecule has 3 rings (SSSR count). The lowest BCUT2D eigenvalue weighted by atomic mass is 9.95. The lowest BCUT2D eigenvalue weighted by Crippen LogP contribution is -2.33. The molecule has 0 aromatic heterocycles. The number of aliphatic hydroxyl groups is 1. The summed E-state index contributed by atoms with van der Waals surface area (Å²) in [7, 11) is 0. The molecule has 1 aliphatic heterocycles. The van der Waals surface area contributed by atoms with Gasteiger partial charge in [-0.1, -0.05) is 42.5 Å². The Morgan fingerprint density at radius 1 is 1.04 bits per heavy atom. The first-order chi connectivity index (χ1) is 13.3. The number of carbonyl (C=O) groups is 3. The van der Waals surface area contributed by atoms with Crippen LogP contribution in [0.15, 0.2) is 65.9 Å². The normalized spacial score (nSPS) is 17.6. The fraction of sp³-hybridized carbons (Fsp3) is 0.227. The summed E-state index contributed by atoms with van der Waals surface area (Å²) in [6.45, 7) is 4.62. The molecule has 1 aliphatic rings. The van der Waals surface area contributed by atoms with Crippen LogP contribution >= 0.6 is 0 Å². The van der Waals surface area contributed by atoms with Gasteiger partial charge in [0.2, 0.25) is 5.91 Å². The fourth-order valence-electron chi connectivity index (χ4n) is 3.55. The molecule has 0 aliphatic carbocycles. The molecule has 0 saturated heterocycles. The molecule has 144 valence electrons. The van der Waals surface area contributed by atoms with Gasteiger partial charge in [0.25, 0.3) is 5.91 Å². The molecule has 2 N–H and O–H groups in total. The van der Waals surface area contributed by atoms with Gasteiger partial charge in [-0.2, -0.15) is 0 Å². The molecule has 2 amide bonds. The summed E-state index contributed by atoms with van der Waals surface area (Å²) >= 11 is 0. The molecule has 6 heteroatoms. The van der Waals surface area contributed by atoms with E-state index < -0.39 is 17.7 Å². The molecule has 2 aromatic rings. The van der Waals surface area contributed by atoms with Crippen LogP contribution in [0, 0.1) is 0 Å². The summed E-state index contributed by atoms with van der Waals surface area (Å²) in [6.07, 6.45) is 0. The van der Waals surface area contributed by atoms with Crippen molar-refractivity contribution in [1.29, 1.82) is 0 Å². The number of nitrogens with one attached hydrogen (secondary N) is 1. The van der Waals surface area contributed by atoms with E-state index in [-0.39, 0.29) is 23.3 Å². The van der Waals surface area contributed by atoms with Crippen LogP contribution in [0.1, 0.15) is 44.0 Å². The second kappa shape index (κ2) is 7.68. The van der Waals surface area contributed by atoms with Gasteiger partial charge >= 0.3 is 0 Å². The summed E-state index contributed by atoms with van der Waals surface area (Å²) in [5.74, 6) is -1.63. The van der Waals surface area contributed by atoms with E-state index in [1.165, 1.54) is 18.7 Å². The molecule has 2 atom stereocenters. The van der Waals surface area contributed by atoms with Crippen LogP contribution in [0.2, 0.25) is 0 Å². The number of amides is 2. The van der Waals surface area contributed by atoms with E-state index in [1.807, 2.05) is 37.3 Å². The second-order valence-corrected chi connectivity index (χ2v) is 6.82. The van der Waals surface area contributed by atoms with E-state index in [4.69, 9.17) is 0 Å². The maximum atomic E-state index is 12.8. The minimum Gasteiger partial charge on any atom is -0.503 e. The average molecular weight is 378 g/mol. The highest BCUT2D eigenvalue weighted by atomic mass is 16.3. The first kappa shape index (κ1) is 19.4. The van der Waals surface area contributed by atoms with Crippen LogP contribution in [-0.2, 0) is 14.4 Å².